The molecule has 0 spiro atoms. The minimum absolute atomic E-state index is 0.0967. The van der Waals surface area contributed by atoms with E-state index in [0.717, 1.165) is 4.57 Å². The molecule has 14 heavy (non-hydrogen) atoms. The molecule has 0 aliphatic rings. The number of carbonyl (C=O) groups is 1. The standard InChI is InChI=1S/C7H10N3O4/c1-14-7(13)6-9-8-4-10(6)5(2-11)3-12/h5,11-12H,2-3H2,1H3. The second kappa shape index (κ2) is 4.68. The minimum atomic E-state index is -0.689. The van der Waals surface area contributed by atoms with Crippen molar-refractivity contribution < 1.29 is 19.7 Å². The SMILES string of the molecule is COC(=O)c1nn[c]n1C(CO)CO. The van der Waals surface area contributed by atoms with Crippen LogP contribution in [-0.2, 0) is 4.74 Å². The molecule has 0 saturated carbocycles. The molecule has 0 fully saturated rings. The van der Waals surface area contributed by atoms with Crippen molar-refractivity contribution in [2.24, 2.45) is 0 Å². The Balaban J connectivity index is 2.96. The summed E-state index contributed by atoms with van der Waals surface area (Å²) in [6, 6.07) is -0.681. The van der Waals surface area contributed by atoms with Gasteiger partial charge in [0.1, 0.15) is 0 Å². The summed E-state index contributed by atoms with van der Waals surface area (Å²) in [5.41, 5.74) is 0. The molecular weight excluding hydrogens is 190 g/mol. The molecule has 1 rings (SSSR count). The van der Waals surface area contributed by atoms with Crippen molar-refractivity contribution in [2.45, 2.75) is 6.04 Å². The molecule has 77 valence electrons. The highest BCUT2D eigenvalue weighted by atomic mass is 16.5. The highest BCUT2D eigenvalue weighted by Crippen LogP contribution is 2.07. The lowest BCUT2D eigenvalue weighted by Gasteiger charge is -2.12. The predicted octanol–water partition coefficient (Wildman–Crippen LogP) is -1.61. The van der Waals surface area contributed by atoms with Crippen LogP contribution in [0.2, 0.25) is 0 Å². The van der Waals surface area contributed by atoms with E-state index in [0.29, 0.717) is 0 Å². The number of aliphatic hydroxyl groups excluding tert-OH is 2. The van der Waals surface area contributed by atoms with Gasteiger partial charge in [-0.15, -0.1) is 10.2 Å². The second-order valence-electron chi connectivity index (χ2n) is 2.50. The molecule has 0 atom stereocenters. The summed E-state index contributed by atoms with van der Waals surface area (Å²) in [7, 11) is 1.20. The van der Waals surface area contributed by atoms with Crippen molar-refractivity contribution in [3.8, 4) is 0 Å². The van der Waals surface area contributed by atoms with Gasteiger partial charge in [-0.05, 0) is 0 Å². The molecule has 0 bridgehead atoms. The van der Waals surface area contributed by atoms with Crippen molar-refractivity contribution in [1.29, 1.82) is 0 Å². The van der Waals surface area contributed by atoms with E-state index in [1.807, 2.05) is 0 Å². The first kappa shape index (κ1) is 10.6. The maximum absolute atomic E-state index is 11.1. The summed E-state index contributed by atoms with van der Waals surface area (Å²) in [5.74, 6) is -0.786. The fourth-order valence-electron chi connectivity index (χ4n) is 0.920. The van der Waals surface area contributed by atoms with Gasteiger partial charge in [0.15, 0.2) is 0 Å². The maximum atomic E-state index is 11.1. The summed E-state index contributed by atoms with van der Waals surface area (Å²) < 4.78 is 5.57. The Bertz CT molecular complexity index is 308. The third kappa shape index (κ3) is 1.88. The number of esters is 1. The van der Waals surface area contributed by atoms with Gasteiger partial charge in [-0.25, -0.2) is 4.79 Å². The van der Waals surface area contributed by atoms with E-state index >= 15 is 0 Å². The lowest BCUT2D eigenvalue weighted by molar-refractivity contribution is 0.0569. The number of aromatic nitrogens is 3. The Kier molecular flexibility index (Phi) is 3.55. The van der Waals surface area contributed by atoms with Crippen molar-refractivity contribution in [1.82, 2.24) is 14.8 Å². The molecule has 0 aliphatic heterocycles. The Morgan fingerprint density at radius 2 is 2.29 bits per heavy atom. The summed E-state index contributed by atoms with van der Waals surface area (Å²) in [5, 5.41) is 24.6. The molecule has 1 aromatic heterocycles. The van der Waals surface area contributed by atoms with Crippen LogP contribution in [0.3, 0.4) is 0 Å². The molecule has 7 heteroatoms. The molecule has 0 saturated heterocycles. The van der Waals surface area contributed by atoms with E-state index in [4.69, 9.17) is 10.2 Å². The van der Waals surface area contributed by atoms with Crippen LogP contribution in [0, 0.1) is 6.33 Å². The normalized spacial score (nSPS) is 10.6. The average Bonchev–Trinajstić information content (AvgIpc) is 2.68. The largest absolute Gasteiger partial charge is 0.463 e. The lowest BCUT2D eigenvalue weighted by Crippen LogP contribution is -2.22. The molecule has 1 heterocycles. The van der Waals surface area contributed by atoms with Gasteiger partial charge in [0.05, 0.1) is 26.4 Å². The molecule has 1 radical (unpaired) electrons. The van der Waals surface area contributed by atoms with Crippen LogP contribution in [0.25, 0.3) is 0 Å². The number of hydrogen-bond acceptors (Lipinski definition) is 6. The number of nitrogens with zero attached hydrogens (tertiary/aromatic N) is 3. The summed E-state index contributed by atoms with van der Waals surface area (Å²) >= 11 is 0. The van der Waals surface area contributed by atoms with Crippen LogP contribution in [0.1, 0.15) is 16.7 Å². The third-order valence-electron chi connectivity index (χ3n) is 1.68. The van der Waals surface area contributed by atoms with Crippen molar-refractivity contribution in [2.75, 3.05) is 20.3 Å². The lowest BCUT2D eigenvalue weighted by atomic mass is 10.3. The Hall–Kier alpha value is -1.47. The Morgan fingerprint density at radius 3 is 2.79 bits per heavy atom. The molecule has 1 aromatic rings. The molecule has 0 amide bonds. The molecule has 0 unspecified atom stereocenters. The van der Waals surface area contributed by atoms with Gasteiger partial charge in [0.2, 0.25) is 12.2 Å². The second-order valence-corrected chi connectivity index (χ2v) is 2.50. The molecular formula is C7H10N3O4. The van der Waals surface area contributed by atoms with Crippen LogP contribution < -0.4 is 0 Å². The van der Waals surface area contributed by atoms with Gasteiger partial charge >= 0.3 is 5.97 Å². The quantitative estimate of drug-likeness (QED) is 0.567. The number of rotatable bonds is 4. The number of carbonyl (C=O) groups excluding carboxylic acids is 1. The summed E-state index contributed by atoms with van der Waals surface area (Å²) in [6.07, 6.45) is 2.36. The van der Waals surface area contributed by atoms with Crippen molar-refractivity contribution >= 4 is 5.97 Å². The topological polar surface area (TPSA) is 97.5 Å². The van der Waals surface area contributed by atoms with Crippen LogP contribution in [0.4, 0.5) is 0 Å². The van der Waals surface area contributed by atoms with Crippen LogP contribution >= 0.6 is 0 Å². The zero-order valence-electron chi connectivity index (χ0n) is 7.54. The van der Waals surface area contributed by atoms with Gasteiger partial charge < -0.3 is 14.9 Å². The Morgan fingerprint density at radius 1 is 1.64 bits per heavy atom. The highest BCUT2D eigenvalue weighted by molar-refractivity contribution is 5.85. The first-order valence-corrected chi connectivity index (χ1v) is 3.87. The molecule has 0 aliphatic carbocycles. The van der Waals surface area contributed by atoms with Crippen LogP contribution in [-0.4, -0.2) is 51.3 Å². The number of aliphatic hydroxyl groups is 2. The van der Waals surface area contributed by atoms with E-state index in [1.165, 1.54) is 7.11 Å². The molecule has 2 N–H and O–H groups in total. The first-order valence-electron chi connectivity index (χ1n) is 3.87. The smallest absolute Gasteiger partial charge is 0.376 e. The van der Waals surface area contributed by atoms with Crippen molar-refractivity contribution in [3.05, 3.63) is 12.2 Å². The van der Waals surface area contributed by atoms with E-state index in [1.54, 1.807) is 0 Å². The fraction of sp³-hybridized carbons (Fsp3) is 0.571. The molecule has 7 nitrogen and oxygen atoms in total. The fourth-order valence-corrected chi connectivity index (χ4v) is 0.920. The first-order chi connectivity index (χ1) is 6.74. The third-order valence-corrected chi connectivity index (χ3v) is 1.68. The van der Waals surface area contributed by atoms with Gasteiger partial charge in [-0.2, -0.15) is 0 Å². The summed E-state index contributed by atoms with van der Waals surface area (Å²) in [6.45, 7) is -0.677. The number of hydrogen-bond donors (Lipinski definition) is 2. The summed E-state index contributed by atoms with van der Waals surface area (Å²) in [4.78, 5) is 11.1. The maximum Gasteiger partial charge on any atom is 0.376 e. The van der Waals surface area contributed by atoms with Gasteiger partial charge in [0, 0.05) is 0 Å². The average molecular weight is 200 g/mol. The minimum Gasteiger partial charge on any atom is -0.463 e. The predicted molar refractivity (Wildman–Crippen MR) is 43.4 cm³/mol. The number of methoxy groups -OCH3 is 1. The van der Waals surface area contributed by atoms with Crippen LogP contribution in [0.15, 0.2) is 0 Å². The van der Waals surface area contributed by atoms with E-state index in [-0.39, 0.29) is 19.0 Å². The van der Waals surface area contributed by atoms with E-state index in [2.05, 4.69) is 21.3 Å². The highest BCUT2D eigenvalue weighted by Gasteiger charge is 2.20. The Labute approximate surface area is 79.9 Å². The number of ether oxygens (including phenoxy) is 1. The van der Waals surface area contributed by atoms with E-state index < -0.39 is 12.0 Å². The van der Waals surface area contributed by atoms with Crippen LogP contribution in [0.5, 0.6) is 0 Å². The van der Waals surface area contributed by atoms with Gasteiger partial charge in [-0.1, -0.05) is 0 Å². The van der Waals surface area contributed by atoms with Gasteiger partial charge in [0.25, 0.3) is 0 Å². The monoisotopic (exact) mass is 200 g/mol. The van der Waals surface area contributed by atoms with E-state index in [9.17, 15) is 4.79 Å². The molecule has 0 aromatic carbocycles. The van der Waals surface area contributed by atoms with Crippen molar-refractivity contribution in [3.63, 3.8) is 0 Å². The zero-order chi connectivity index (χ0) is 10.6. The zero-order valence-corrected chi connectivity index (χ0v) is 7.54. The van der Waals surface area contributed by atoms with Gasteiger partial charge in [-0.3, -0.25) is 4.57 Å².